The summed E-state index contributed by atoms with van der Waals surface area (Å²) in [6, 6.07) is 2.75. The third kappa shape index (κ3) is 9.29. The maximum absolute atomic E-state index is 13.3. The number of hydrogen-bond donors (Lipinski definition) is 7. The Morgan fingerprint density at radius 3 is 2.31 bits per heavy atom. The molecule has 13 heteroatoms. The fraction of sp³-hybridized carbons (Fsp3) is 0.500. The molecule has 39 heavy (non-hydrogen) atoms. The first kappa shape index (κ1) is 31.6. The Morgan fingerprint density at radius 1 is 1.03 bits per heavy atom. The number of aliphatic carboxylic acids is 1. The number of carbonyl (C=O) groups excluding carboxylic acids is 4. The normalized spacial score (nSPS) is 15.0. The van der Waals surface area contributed by atoms with Gasteiger partial charge in [0.2, 0.25) is 23.6 Å². The summed E-state index contributed by atoms with van der Waals surface area (Å²) in [5.41, 5.74) is 12.7. The number of aromatic amines is 1. The van der Waals surface area contributed by atoms with Gasteiger partial charge in [0.25, 0.3) is 0 Å². The van der Waals surface area contributed by atoms with E-state index < -0.39 is 66.1 Å². The summed E-state index contributed by atoms with van der Waals surface area (Å²) in [6.07, 6.45) is 3.92. The minimum Gasteiger partial charge on any atom is -0.480 e. The third-order valence-corrected chi connectivity index (χ3v) is 7.16. The van der Waals surface area contributed by atoms with Crippen molar-refractivity contribution in [3.8, 4) is 0 Å². The first-order valence-corrected chi connectivity index (χ1v) is 14.1. The molecule has 0 saturated heterocycles. The van der Waals surface area contributed by atoms with Crippen LogP contribution in [0.5, 0.6) is 0 Å². The predicted octanol–water partition coefficient (Wildman–Crippen LogP) is 0.251. The van der Waals surface area contributed by atoms with Crippen molar-refractivity contribution in [2.75, 3.05) is 12.0 Å². The number of nitrogens with one attached hydrogen (secondary N) is 4. The van der Waals surface area contributed by atoms with E-state index in [1.54, 1.807) is 13.1 Å². The van der Waals surface area contributed by atoms with Crippen molar-refractivity contribution in [2.24, 2.45) is 17.4 Å². The number of hydrogen-bond acceptors (Lipinski definition) is 7. The fourth-order valence-electron chi connectivity index (χ4n) is 4.00. The SMILES string of the molecule is CCC(C)C(NC(=O)C(CC(N)=O)NC(=O)C(N)CCSC)C(=O)NC(Cc1c[nH]c2ccccc12)C(=O)O. The molecule has 1 aromatic carbocycles. The van der Waals surface area contributed by atoms with Crippen LogP contribution < -0.4 is 27.4 Å². The lowest BCUT2D eigenvalue weighted by atomic mass is 9.96. The smallest absolute Gasteiger partial charge is 0.326 e. The van der Waals surface area contributed by atoms with E-state index in [0.29, 0.717) is 24.2 Å². The van der Waals surface area contributed by atoms with Gasteiger partial charge in [-0.05, 0) is 36.0 Å². The topological polar surface area (TPSA) is 209 Å². The predicted molar refractivity (Wildman–Crippen MR) is 150 cm³/mol. The molecule has 5 atom stereocenters. The van der Waals surface area contributed by atoms with Crippen molar-refractivity contribution in [3.05, 3.63) is 36.0 Å². The van der Waals surface area contributed by atoms with Crippen LogP contribution >= 0.6 is 11.8 Å². The number of H-pyrrole nitrogens is 1. The number of primary amides is 1. The Balaban J connectivity index is 2.18. The number of aromatic nitrogens is 1. The number of rotatable bonds is 16. The van der Waals surface area contributed by atoms with Crippen molar-refractivity contribution in [1.29, 1.82) is 0 Å². The second-order valence-electron chi connectivity index (χ2n) is 9.45. The number of carboxylic acids is 1. The molecule has 1 heterocycles. The van der Waals surface area contributed by atoms with Crippen molar-refractivity contribution in [2.45, 2.75) is 63.7 Å². The van der Waals surface area contributed by atoms with Gasteiger partial charge in [-0.25, -0.2) is 4.79 Å². The van der Waals surface area contributed by atoms with E-state index in [0.717, 1.165) is 10.9 Å². The quantitative estimate of drug-likeness (QED) is 0.150. The summed E-state index contributed by atoms with van der Waals surface area (Å²) < 4.78 is 0. The summed E-state index contributed by atoms with van der Waals surface area (Å²) >= 11 is 1.51. The number of carboxylic acid groups (broad SMARTS) is 1. The summed E-state index contributed by atoms with van der Waals surface area (Å²) in [7, 11) is 0. The lowest BCUT2D eigenvalue weighted by Gasteiger charge is -2.28. The Kier molecular flexibility index (Phi) is 12.3. The summed E-state index contributed by atoms with van der Waals surface area (Å²) in [5, 5.41) is 18.2. The fourth-order valence-corrected chi connectivity index (χ4v) is 4.49. The summed E-state index contributed by atoms with van der Waals surface area (Å²) in [6.45, 7) is 3.53. The second-order valence-corrected chi connectivity index (χ2v) is 10.4. The molecule has 0 aliphatic heterocycles. The Hall–Kier alpha value is -3.58. The minimum absolute atomic E-state index is 0.0144. The molecule has 2 aromatic rings. The van der Waals surface area contributed by atoms with E-state index in [1.165, 1.54) is 11.8 Å². The molecule has 0 spiro atoms. The van der Waals surface area contributed by atoms with Crippen LogP contribution in [0.3, 0.4) is 0 Å². The van der Waals surface area contributed by atoms with Gasteiger partial charge in [-0.2, -0.15) is 11.8 Å². The molecule has 214 valence electrons. The molecule has 1 aromatic heterocycles. The lowest BCUT2D eigenvalue weighted by molar-refractivity contribution is -0.142. The first-order chi connectivity index (χ1) is 18.5. The van der Waals surface area contributed by atoms with Gasteiger partial charge in [-0.3, -0.25) is 19.2 Å². The average Bonchev–Trinajstić information content (AvgIpc) is 3.31. The maximum Gasteiger partial charge on any atom is 0.326 e. The number of benzene rings is 1. The number of amides is 4. The van der Waals surface area contributed by atoms with Gasteiger partial charge in [-0.1, -0.05) is 38.5 Å². The van der Waals surface area contributed by atoms with Crippen LogP contribution in [0.25, 0.3) is 10.9 Å². The molecule has 9 N–H and O–H groups in total. The highest BCUT2D eigenvalue weighted by Gasteiger charge is 2.33. The first-order valence-electron chi connectivity index (χ1n) is 12.7. The van der Waals surface area contributed by atoms with Gasteiger partial charge in [0.1, 0.15) is 18.1 Å². The molecule has 0 saturated carbocycles. The molecule has 2 rings (SSSR count). The molecule has 4 amide bonds. The molecule has 5 unspecified atom stereocenters. The van der Waals surface area contributed by atoms with E-state index in [2.05, 4.69) is 20.9 Å². The number of fused-ring (bicyclic) bond motifs is 1. The monoisotopic (exact) mass is 562 g/mol. The molecular weight excluding hydrogens is 524 g/mol. The largest absolute Gasteiger partial charge is 0.480 e. The van der Waals surface area contributed by atoms with Gasteiger partial charge in [0.15, 0.2) is 0 Å². The van der Waals surface area contributed by atoms with E-state index in [4.69, 9.17) is 11.5 Å². The molecule has 0 aliphatic carbocycles. The van der Waals surface area contributed by atoms with E-state index in [1.807, 2.05) is 37.4 Å². The van der Waals surface area contributed by atoms with Crippen LogP contribution in [0, 0.1) is 5.92 Å². The number of carbonyl (C=O) groups is 5. The zero-order valence-electron chi connectivity index (χ0n) is 22.4. The Morgan fingerprint density at radius 2 is 1.69 bits per heavy atom. The third-order valence-electron chi connectivity index (χ3n) is 6.51. The van der Waals surface area contributed by atoms with Crippen LogP contribution in [0.4, 0.5) is 0 Å². The van der Waals surface area contributed by atoms with Crippen LogP contribution in [-0.2, 0) is 30.4 Å². The van der Waals surface area contributed by atoms with Gasteiger partial charge in [0, 0.05) is 23.5 Å². The van der Waals surface area contributed by atoms with Crippen LogP contribution in [0.15, 0.2) is 30.5 Å². The van der Waals surface area contributed by atoms with E-state index in [-0.39, 0.29) is 6.42 Å². The maximum atomic E-state index is 13.3. The van der Waals surface area contributed by atoms with Crippen molar-refractivity contribution >= 4 is 52.3 Å². The molecule has 12 nitrogen and oxygen atoms in total. The molecular formula is C26H38N6O6S. The lowest BCUT2D eigenvalue weighted by Crippen LogP contribution is -2.59. The minimum atomic E-state index is -1.35. The van der Waals surface area contributed by atoms with Gasteiger partial charge in [-0.15, -0.1) is 0 Å². The Labute approximate surface area is 231 Å². The average molecular weight is 563 g/mol. The molecule has 0 radical (unpaired) electrons. The summed E-state index contributed by atoms with van der Waals surface area (Å²) in [5.74, 6) is -3.97. The van der Waals surface area contributed by atoms with Crippen molar-refractivity contribution < 1.29 is 29.1 Å². The van der Waals surface area contributed by atoms with Crippen molar-refractivity contribution in [1.82, 2.24) is 20.9 Å². The van der Waals surface area contributed by atoms with Gasteiger partial charge < -0.3 is 37.5 Å². The number of nitrogens with two attached hydrogens (primary N) is 2. The zero-order valence-corrected chi connectivity index (χ0v) is 23.2. The number of para-hydroxylation sites is 1. The van der Waals surface area contributed by atoms with Crippen LogP contribution in [0.2, 0.25) is 0 Å². The Bertz CT molecular complexity index is 1170. The van der Waals surface area contributed by atoms with E-state index in [9.17, 15) is 29.1 Å². The number of thioether (sulfide) groups is 1. The summed E-state index contributed by atoms with van der Waals surface area (Å²) in [4.78, 5) is 65.7. The highest BCUT2D eigenvalue weighted by atomic mass is 32.2. The van der Waals surface area contributed by atoms with Crippen LogP contribution in [-0.4, -0.2) is 75.9 Å². The van der Waals surface area contributed by atoms with Crippen LogP contribution in [0.1, 0.15) is 38.7 Å². The highest BCUT2D eigenvalue weighted by Crippen LogP contribution is 2.19. The molecule has 0 fully saturated rings. The van der Waals surface area contributed by atoms with Gasteiger partial charge >= 0.3 is 5.97 Å². The highest BCUT2D eigenvalue weighted by molar-refractivity contribution is 7.98. The van der Waals surface area contributed by atoms with Gasteiger partial charge in [0.05, 0.1) is 12.5 Å². The van der Waals surface area contributed by atoms with Crippen molar-refractivity contribution in [3.63, 3.8) is 0 Å². The molecule has 0 aliphatic rings. The van der Waals surface area contributed by atoms with E-state index >= 15 is 0 Å². The zero-order chi connectivity index (χ0) is 29.1. The molecule has 0 bridgehead atoms. The second kappa shape index (κ2) is 15.1. The standard InChI is InChI=1S/C26H38N6O6S/c1-4-14(2)22(32-24(35)19(12-21(28)33)30-23(34)17(27)9-10-39-3)25(36)31-20(26(37)38)11-15-13-29-18-8-6-5-7-16(15)18/h5-8,13-14,17,19-20,22,29H,4,9-12,27H2,1-3H3,(H2,28,33)(H,30,34)(H,31,36)(H,32,35)(H,37,38).